The average Bonchev–Trinajstić information content (AvgIpc) is 2.47. The highest BCUT2D eigenvalue weighted by Gasteiger charge is 2.46. The molecule has 0 saturated carbocycles. The molecule has 1 fully saturated rings. The van der Waals surface area contributed by atoms with Crippen molar-refractivity contribution in [3.63, 3.8) is 0 Å². The van der Waals surface area contributed by atoms with Gasteiger partial charge in [0.05, 0.1) is 6.10 Å². The lowest BCUT2D eigenvalue weighted by Gasteiger charge is -2.19. The number of β-amino-alcohol motifs (C(OH)–C–C–N with tert-alkyl or cyclic N) is 1. The van der Waals surface area contributed by atoms with Gasteiger partial charge in [-0.15, -0.1) is 0 Å². The van der Waals surface area contributed by atoms with Gasteiger partial charge in [-0.1, -0.05) is 0 Å². The molecule has 1 heterocycles. The molecule has 0 aromatic carbocycles. The Morgan fingerprint density at radius 2 is 2.00 bits per heavy atom. The van der Waals surface area contributed by atoms with Crippen molar-refractivity contribution >= 4 is 16.0 Å². The summed E-state index contributed by atoms with van der Waals surface area (Å²) in [7, 11) is -4.94. The Labute approximate surface area is 84.2 Å². The number of aliphatic carboxylic acids is 1. The van der Waals surface area contributed by atoms with Crippen LogP contribution >= 0.6 is 0 Å². The summed E-state index contributed by atoms with van der Waals surface area (Å²) in [4.78, 5) is 10.6. The predicted octanol–water partition coefficient (Wildman–Crippen LogP) is -0.941. The molecule has 6 nitrogen and oxygen atoms in total. The van der Waals surface area contributed by atoms with E-state index in [0.717, 1.165) is 0 Å². The number of carbonyl (C=O) groups is 1. The van der Waals surface area contributed by atoms with Crippen molar-refractivity contribution in [2.45, 2.75) is 24.3 Å². The van der Waals surface area contributed by atoms with Crippen molar-refractivity contribution in [1.29, 1.82) is 0 Å². The predicted molar refractivity (Wildman–Crippen MR) is 43.7 cm³/mol. The lowest BCUT2D eigenvalue weighted by molar-refractivity contribution is -0.140. The summed E-state index contributed by atoms with van der Waals surface area (Å²) in [5.74, 6) is -5.22. The van der Waals surface area contributed by atoms with Gasteiger partial charge < -0.3 is 10.2 Å². The molecule has 0 radical (unpaired) electrons. The molecule has 0 spiro atoms. The summed E-state index contributed by atoms with van der Waals surface area (Å²) in [5.41, 5.74) is 0. The first-order valence-corrected chi connectivity index (χ1v) is 5.47. The molecule has 1 rings (SSSR count). The van der Waals surface area contributed by atoms with Crippen LogP contribution < -0.4 is 0 Å². The second-order valence-electron chi connectivity index (χ2n) is 3.12. The van der Waals surface area contributed by atoms with Gasteiger partial charge in [0.2, 0.25) is 0 Å². The second kappa shape index (κ2) is 3.99. The Balaban J connectivity index is 2.99. The fourth-order valence-corrected chi connectivity index (χ4v) is 2.51. The summed E-state index contributed by atoms with van der Waals surface area (Å²) in [6, 6.07) is -1.61. The maximum absolute atomic E-state index is 12.1. The zero-order valence-corrected chi connectivity index (χ0v) is 8.19. The number of nitrogens with zero attached hydrogens (tertiary/aromatic N) is 1. The first-order chi connectivity index (χ1) is 6.76. The molecule has 0 unspecified atom stereocenters. The van der Waals surface area contributed by atoms with E-state index < -0.39 is 40.4 Å². The minimum Gasteiger partial charge on any atom is -0.480 e. The van der Waals surface area contributed by atoms with Crippen LogP contribution in [-0.2, 0) is 14.8 Å². The summed E-state index contributed by atoms with van der Waals surface area (Å²) in [6.45, 7) is -0.607. The molecule has 1 aliphatic rings. The van der Waals surface area contributed by atoms with Gasteiger partial charge in [0.1, 0.15) is 6.04 Å². The van der Waals surface area contributed by atoms with E-state index >= 15 is 0 Å². The molecule has 0 aromatic rings. The van der Waals surface area contributed by atoms with Crippen LogP contribution in [0.5, 0.6) is 0 Å². The van der Waals surface area contributed by atoms with Gasteiger partial charge in [-0.25, -0.2) is 8.42 Å². The van der Waals surface area contributed by atoms with Crippen LogP contribution in [0.4, 0.5) is 8.78 Å². The summed E-state index contributed by atoms with van der Waals surface area (Å²) in [5, 5.41) is 17.6. The largest absolute Gasteiger partial charge is 0.480 e. The Morgan fingerprint density at radius 1 is 1.47 bits per heavy atom. The van der Waals surface area contributed by atoms with E-state index in [2.05, 4.69) is 0 Å². The molecule has 1 aliphatic heterocycles. The Morgan fingerprint density at radius 3 is 2.40 bits per heavy atom. The molecule has 15 heavy (non-hydrogen) atoms. The summed E-state index contributed by atoms with van der Waals surface area (Å²) < 4.78 is 46.4. The number of aliphatic hydroxyl groups excluding tert-OH is 1. The monoisotopic (exact) mass is 245 g/mol. The van der Waals surface area contributed by atoms with Crippen LogP contribution in [0.25, 0.3) is 0 Å². The fourth-order valence-electron chi connectivity index (χ4n) is 1.39. The van der Waals surface area contributed by atoms with Crippen LogP contribution in [0, 0.1) is 0 Å². The standard InChI is InChI=1S/C6H9F2NO5S/c7-6(8)15(13,14)9-2-3(10)1-4(9)5(11)12/h3-4,6,10H,1-2H2,(H,11,12)/t3-,4+/m1/s1. The lowest BCUT2D eigenvalue weighted by Crippen LogP contribution is -2.43. The number of carboxylic acids is 1. The topological polar surface area (TPSA) is 94.9 Å². The minimum absolute atomic E-state index is 0.130. The molecule has 0 amide bonds. The molecule has 9 heteroatoms. The molecule has 2 atom stereocenters. The highest BCUT2D eigenvalue weighted by molar-refractivity contribution is 7.89. The smallest absolute Gasteiger partial charge is 0.350 e. The number of hydrogen-bond acceptors (Lipinski definition) is 4. The van der Waals surface area contributed by atoms with E-state index in [0.29, 0.717) is 0 Å². The Kier molecular flexibility index (Phi) is 3.26. The lowest BCUT2D eigenvalue weighted by atomic mass is 10.2. The Bertz CT molecular complexity index is 357. The van der Waals surface area contributed by atoms with Crippen LogP contribution in [0.15, 0.2) is 0 Å². The maximum atomic E-state index is 12.1. The van der Waals surface area contributed by atoms with E-state index in [1.807, 2.05) is 0 Å². The van der Waals surface area contributed by atoms with Crippen molar-refractivity contribution in [3.8, 4) is 0 Å². The number of carboxylic acid groups (broad SMARTS) is 1. The van der Waals surface area contributed by atoms with Gasteiger partial charge in [-0.05, 0) is 0 Å². The highest BCUT2D eigenvalue weighted by Crippen LogP contribution is 2.25. The van der Waals surface area contributed by atoms with E-state index in [1.54, 1.807) is 0 Å². The fraction of sp³-hybridized carbons (Fsp3) is 0.833. The van der Waals surface area contributed by atoms with Gasteiger partial charge >= 0.3 is 11.7 Å². The van der Waals surface area contributed by atoms with E-state index in [1.165, 1.54) is 0 Å². The first-order valence-electron chi connectivity index (χ1n) is 3.96. The van der Waals surface area contributed by atoms with Crippen LogP contribution in [0.2, 0.25) is 0 Å². The average molecular weight is 245 g/mol. The van der Waals surface area contributed by atoms with Crippen molar-refractivity contribution in [3.05, 3.63) is 0 Å². The molecule has 1 saturated heterocycles. The second-order valence-corrected chi connectivity index (χ2v) is 4.97. The number of hydrogen-bond donors (Lipinski definition) is 2. The maximum Gasteiger partial charge on any atom is 0.350 e. The number of alkyl halides is 2. The van der Waals surface area contributed by atoms with E-state index in [-0.39, 0.29) is 10.7 Å². The van der Waals surface area contributed by atoms with Crippen LogP contribution in [0.1, 0.15) is 6.42 Å². The van der Waals surface area contributed by atoms with Crippen molar-refractivity contribution in [1.82, 2.24) is 4.31 Å². The quantitative estimate of drug-likeness (QED) is 0.669. The van der Waals surface area contributed by atoms with Crippen LogP contribution in [-0.4, -0.2) is 53.4 Å². The van der Waals surface area contributed by atoms with Crippen molar-refractivity contribution < 1.29 is 32.2 Å². The number of halogens is 2. The van der Waals surface area contributed by atoms with E-state index in [4.69, 9.17) is 10.2 Å². The number of rotatable bonds is 3. The Hall–Kier alpha value is -0.800. The normalized spacial score (nSPS) is 28.5. The molecule has 0 bridgehead atoms. The SMILES string of the molecule is O=C(O)[C@@H]1C[C@@H](O)CN1S(=O)(=O)C(F)F. The summed E-state index contributed by atoms with van der Waals surface area (Å²) in [6.07, 6.45) is -1.60. The van der Waals surface area contributed by atoms with Gasteiger partial charge in [-0.3, -0.25) is 4.79 Å². The molecule has 2 N–H and O–H groups in total. The minimum atomic E-state index is -4.94. The number of aliphatic hydroxyl groups is 1. The van der Waals surface area contributed by atoms with Crippen molar-refractivity contribution in [2.75, 3.05) is 6.54 Å². The van der Waals surface area contributed by atoms with Crippen LogP contribution in [0.3, 0.4) is 0 Å². The van der Waals surface area contributed by atoms with Gasteiger partial charge in [0.25, 0.3) is 10.0 Å². The van der Waals surface area contributed by atoms with Crippen molar-refractivity contribution in [2.24, 2.45) is 0 Å². The third kappa shape index (κ3) is 2.24. The first kappa shape index (κ1) is 12.3. The molecule has 88 valence electrons. The van der Waals surface area contributed by atoms with Gasteiger partial charge in [0.15, 0.2) is 0 Å². The highest BCUT2D eigenvalue weighted by atomic mass is 32.2. The van der Waals surface area contributed by atoms with E-state index in [9.17, 15) is 22.0 Å². The molecular weight excluding hydrogens is 236 g/mol. The molecule has 0 aromatic heterocycles. The summed E-state index contributed by atoms with van der Waals surface area (Å²) >= 11 is 0. The molecular formula is C6H9F2NO5S. The number of sulfonamides is 1. The zero-order valence-electron chi connectivity index (χ0n) is 7.38. The van der Waals surface area contributed by atoms with Gasteiger partial charge in [-0.2, -0.15) is 13.1 Å². The van der Waals surface area contributed by atoms with Gasteiger partial charge in [0, 0.05) is 13.0 Å². The third-order valence-corrected chi connectivity index (χ3v) is 3.58. The third-order valence-electron chi connectivity index (χ3n) is 2.07. The molecule has 0 aliphatic carbocycles. The zero-order chi connectivity index (χ0) is 11.8.